The van der Waals surface area contributed by atoms with Crippen molar-refractivity contribution in [2.45, 2.75) is 38.6 Å². The van der Waals surface area contributed by atoms with Gasteiger partial charge in [-0.3, -0.25) is 9.59 Å². The minimum atomic E-state index is -1.01. The third-order valence-electron chi connectivity index (χ3n) is 3.59. The van der Waals surface area contributed by atoms with Crippen molar-refractivity contribution in [2.24, 2.45) is 0 Å². The molecule has 2 heterocycles. The number of aromatic nitrogens is 1. The fraction of sp³-hybridized carbons (Fsp3) is 0.500. The summed E-state index contributed by atoms with van der Waals surface area (Å²) in [6.07, 6.45) is 4.25. The molecule has 1 amide bonds. The van der Waals surface area contributed by atoms with Gasteiger partial charge in [-0.05, 0) is 19.8 Å². The van der Waals surface area contributed by atoms with Crippen LogP contribution in [0.25, 0.3) is 0 Å². The zero-order valence-corrected chi connectivity index (χ0v) is 11.4. The molecule has 1 fully saturated rings. The second-order valence-corrected chi connectivity index (χ2v) is 5.10. The fourth-order valence-electron chi connectivity index (χ4n) is 2.50. The smallest absolute Gasteiger partial charge is 0.326 e. The van der Waals surface area contributed by atoms with E-state index in [1.807, 2.05) is 0 Å². The second-order valence-electron chi connectivity index (χ2n) is 5.10. The average Bonchev–Trinajstić information content (AvgIpc) is 2.63. The monoisotopic (exact) mass is 278 g/mol. The van der Waals surface area contributed by atoms with Crippen LogP contribution in [0.3, 0.4) is 0 Å². The quantitative estimate of drug-likeness (QED) is 0.849. The molecular weight excluding hydrogens is 260 g/mol. The van der Waals surface area contributed by atoms with Crippen LogP contribution < -0.4 is 5.43 Å². The number of carbonyl (C=O) groups is 2. The van der Waals surface area contributed by atoms with Crippen molar-refractivity contribution in [1.82, 2.24) is 9.88 Å². The number of amides is 1. The van der Waals surface area contributed by atoms with E-state index in [0.29, 0.717) is 18.7 Å². The molecule has 108 valence electrons. The van der Waals surface area contributed by atoms with Crippen LogP contribution >= 0.6 is 0 Å². The second kappa shape index (κ2) is 5.90. The third kappa shape index (κ3) is 2.89. The SMILES string of the molecule is Cc1cc(=O)c(C(=O)N2CCCCCC2C(=O)O)c[nH]1. The van der Waals surface area contributed by atoms with Crippen LogP contribution in [0.2, 0.25) is 0 Å². The highest BCUT2D eigenvalue weighted by Crippen LogP contribution is 2.18. The van der Waals surface area contributed by atoms with Gasteiger partial charge in [0.15, 0.2) is 5.43 Å². The van der Waals surface area contributed by atoms with Gasteiger partial charge in [0.05, 0.1) is 0 Å². The Kier molecular flexibility index (Phi) is 4.22. The van der Waals surface area contributed by atoms with Crippen LogP contribution in [0.15, 0.2) is 17.1 Å². The summed E-state index contributed by atoms with van der Waals surface area (Å²) in [5, 5.41) is 9.26. The van der Waals surface area contributed by atoms with Crippen LogP contribution in [0, 0.1) is 6.92 Å². The summed E-state index contributed by atoms with van der Waals surface area (Å²) in [7, 11) is 0. The maximum Gasteiger partial charge on any atom is 0.326 e. The first-order valence-electron chi connectivity index (χ1n) is 6.74. The lowest BCUT2D eigenvalue weighted by Gasteiger charge is -2.26. The van der Waals surface area contributed by atoms with E-state index in [-0.39, 0.29) is 11.0 Å². The van der Waals surface area contributed by atoms with Gasteiger partial charge >= 0.3 is 5.97 Å². The molecule has 0 aliphatic carbocycles. The topological polar surface area (TPSA) is 90.5 Å². The zero-order valence-electron chi connectivity index (χ0n) is 11.4. The molecule has 1 atom stereocenters. The highest BCUT2D eigenvalue weighted by Gasteiger charge is 2.32. The average molecular weight is 278 g/mol. The molecule has 2 rings (SSSR count). The summed E-state index contributed by atoms with van der Waals surface area (Å²) in [4.78, 5) is 39.8. The Bertz CT molecular complexity index is 579. The summed E-state index contributed by atoms with van der Waals surface area (Å²) >= 11 is 0. The van der Waals surface area contributed by atoms with Crippen molar-refractivity contribution in [3.8, 4) is 0 Å². The number of carboxylic acids is 1. The molecule has 0 saturated carbocycles. The predicted molar refractivity (Wildman–Crippen MR) is 72.7 cm³/mol. The van der Waals surface area contributed by atoms with E-state index < -0.39 is 17.9 Å². The number of hydrogen-bond donors (Lipinski definition) is 2. The first-order chi connectivity index (χ1) is 9.50. The van der Waals surface area contributed by atoms with E-state index in [0.717, 1.165) is 19.3 Å². The van der Waals surface area contributed by atoms with E-state index in [4.69, 9.17) is 0 Å². The Morgan fingerprint density at radius 3 is 2.75 bits per heavy atom. The molecule has 1 saturated heterocycles. The van der Waals surface area contributed by atoms with Crippen molar-refractivity contribution < 1.29 is 14.7 Å². The summed E-state index contributed by atoms with van der Waals surface area (Å²) in [5.41, 5.74) is 0.292. The Morgan fingerprint density at radius 2 is 2.10 bits per heavy atom. The third-order valence-corrected chi connectivity index (χ3v) is 3.59. The van der Waals surface area contributed by atoms with Gasteiger partial charge in [-0.1, -0.05) is 12.8 Å². The predicted octanol–water partition coefficient (Wildman–Crippen LogP) is 1.15. The number of aromatic amines is 1. The number of hydrogen-bond acceptors (Lipinski definition) is 3. The molecule has 6 nitrogen and oxygen atoms in total. The number of aryl methyl sites for hydroxylation is 1. The number of likely N-dealkylation sites (tertiary alicyclic amines) is 1. The largest absolute Gasteiger partial charge is 0.480 e. The van der Waals surface area contributed by atoms with Crippen LogP contribution in [0.1, 0.15) is 41.7 Å². The molecule has 6 heteroatoms. The van der Waals surface area contributed by atoms with Gasteiger partial charge in [0.2, 0.25) is 0 Å². The van der Waals surface area contributed by atoms with Crippen LogP contribution in [0.4, 0.5) is 0 Å². The number of pyridine rings is 1. The molecule has 1 aromatic heterocycles. The molecule has 0 spiro atoms. The maximum absolute atomic E-state index is 12.4. The molecular formula is C14H18N2O4. The molecule has 1 aliphatic heterocycles. The van der Waals surface area contributed by atoms with Crippen LogP contribution in [-0.4, -0.2) is 39.5 Å². The normalized spacial score (nSPS) is 19.4. The van der Waals surface area contributed by atoms with Gasteiger partial charge in [0.1, 0.15) is 11.6 Å². The molecule has 20 heavy (non-hydrogen) atoms. The minimum Gasteiger partial charge on any atom is -0.480 e. The number of carbonyl (C=O) groups excluding carboxylic acids is 1. The van der Waals surface area contributed by atoms with Crippen molar-refractivity contribution in [2.75, 3.05) is 6.54 Å². The molecule has 0 radical (unpaired) electrons. The summed E-state index contributed by atoms with van der Waals surface area (Å²) in [5.74, 6) is -1.51. The van der Waals surface area contributed by atoms with E-state index in [2.05, 4.69) is 4.98 Å². The Hall–Kier alpha value is -2.11. The highest BCUT2D eigenvalue weighted by atomic mass is 16.4. The Morgan fingerprint density at radius 1 is 1.35 bits per heavy atom. The van der Waals surface area contributed by atoms with E-state index in [1.54, 1.807) is 6.92 Å². The minimum absolute atomic E-state index is 0.00347. The van der Waals surface area contributed by atoms with Crippen LogP contribution in [0.5, 0.6) is 0 Å². The van der Waals surface area contributed by atoms with Crippen molar-refractivity contribution in [3.05, 3.63) is 33.7 Å². The summed E-state index contributed by atoms with van der Waals surface area (Å²) < 4.78 is 0. The van der Waals surface area contributed by atoms with Gasteiger partial charge in [0, 0.05) is 24.5 Å². The lowest BCUT2D eigenvalue weighted by molar-refractivity contribution is -0.142. The molecule has 1 aliphatic rings. The Balaban J connectivity index is 2.33. The number of aliphatic carboxylic acids is 1. The van der Waals surface area contributed by atoms with Crippen molar-refractivity contribution >= 4 is 11.9 Å². The fourth-order valence-corrected chi connectivity index (χ4v) is 2.50. The number of H-pyrrole nitrogens is 1. The van der Waals surface area contributed by atoms with Crippen molar-refractivity contribution in [1.29, 1.82) is 0 Å². The molecule has 1 unspecified atom stereocenters. The van der Waals surface area contributed by atoms with E-state index >= 15 is 0 Å². The standard InChI is InChI=1S/C14H18N2O4/c1-9-7-12(17)10(8-15-9)13(18)16-6-4-2-3-5-11(16)14(19)20/h7-8,11H,2-6H2,1H3,(H,15,17)(H,19,20). The van der Waals surface area contributed by atoms with Gasteiger partial charge < -0.3 is 15.0 Å². The summed E-state index contributed by atoms with van der Waals surface area (Å²) in [6.45, 7) is 2.10. The van der Waals surface area contributed by atoms with E-state index in [1.165, 1.54) is 17.2 Å². The van der Waals surface area contributed by atoms with Gasteiger partial charge in [0.25, 0.3) is 5.91 Å². The molecule has 0 bridgehead atoms. The van der Waals surface area contributed by atoms with E-state index in [9.17, 15) is 19.5 Å². The number of nitrogens with zero attached hydrogens (tertiary/aromatic N) is 1. The lowest BCUT2D eigenvalue weighted by Crippen LogP contribution is -2.46. The van der Waals surface area contributed by atoms with Crippen LogP contribution in [-0.2, 0) is 4.79 Å². The molecule has 0 aromatic carbocycles. The number of rotatable bonds is 2. The Labute approximate surface area is 116 Å². The maximum atomic E-state index is 12.4. The molecule has 1 aromatic rings. The number of carboxylic acid groups (broad SMARTS) is 1. The lowest BCUT2D eigenvalue weighted by atomic mass is 10.1. The van der Waals surface area contributed by atoms with Gasteiger partial charge in [-0.2, -0.15) is 0 Å². The van der Waals surface area contributed by atoms with Crippen molar-refractivity contribution in [3.63, 3.8) is 0 Å². The van der Waals surface area contributed by atoms with Gasteiger partial charge in [-0.25, -0.2) is 4.79 Å². The zero-order chi connectivity index (χ0) is 14.7. The van der Waals surface area contributed by atoms with Gasteiger partial charge in [-0.15, -0.1) is 0 Å². The first kappa shape index (κ1) is 14.3. The molecule has 2 N–H and O–H groups in total. The first-order valence-corrected chi connectivity index (χ1v) is 6.74. The number of nitrogens with one attached hydrogen (secondary N) is 1. The summed E-state index contributed by atoms with van der Waals surface area (Å²) in [6, 6.07) is 0.506. The highest BCUT2D eigenvalue weighted by molar-refractivity contribution is 5.96.